The molecule has 19 nitrogen and oxygen atoms in total. The number of fused-ring (bicyclic) bond motifs is 1. The summed E-state index contributed by atoms with van der Waals surface area (Å²) in [7, 11) is -11.0. The van der Waals surface area contributed by atoms with E-state index >= 15 is 0 Å². The summed E-state index contributed by atoms with van der Waals surface area (Å²) in [5.41, 5.74) is 4.49. The monoisotopic (exact) mass is 591 g/mol. The number of aliphatic hydroxyl groups is 4. The number of ether oxygens (including phenoxy) is 1. The molecule has 22 heteroatoms. The molecular formula is C16H24FN5O14P2. The van der Waals surface area contributed by atoms with Gasteiger partial charge in [0.25, 0.3) is 5.56 Å². The summed E-state index contributed by atoms with van der Waals surface area (Å²) < 4.78 is 57.8. The number of hydrogen-bond donors (Lipinski definition) is 8. The third kappa shape index (κ3) is 6.68. The molecule has 9 N–H and O–H groups in total. The molecule has 1 unspecified atom stereocenters. The van der Waals surface area contributed by atoms with Crippen LogP contribution in [0.15, 0.2) is 11.1 Å². The number of phosphoric ester groups is 1. The molecular weight excluding hydrogens is 567 g/mol. The van der Waals surface area contributed by atoms with Crippen LogP contribution in [0.1, 0.15) is 13.2 Å². The number of aldehydes is 1. The number of phosphoric acid groups is 2. The van der Waals surface area contributed by atoms with Gasteiger partial charge in [-0.3, -0.25) is 23.4 Å². The molecule has 1 saturated heterocycles. The molecule has 0 amide bonds. The minimum Gasteiger partial charge on any atom is -0.388 e. The van der Waals surface area contributed by atoms with E-state index < -0.39 is 76.8 Å². The first-order valence-corrected chi connectivity index (χ1v) is 13.4. The van der Waals surface area contributed by atoms with Crippen molar-refractivity contribution in [2.45, 2.75) is 55.9 Å². The molecule has 0 bridgehead atoms. The van der Waals surface area contributed by atoms with Crippen LogP contribution in [-0.2, 0) is 32.0 Å². The maximum absolute atomic E-state index is 13.4. The van der Waals surface area contributed by atoms with Gasteiger partial charge in [-0.2, -0.15) is 9.29 Å². The molecule has 2 aromatic rings. The lowest BCUT2D eigenvalue weighted by Crippen LogP contribution is -2.43. The highest BCUT2D eigenvalue weighted by Gasteiger charge is 2.47. The van der Waals surface area contributed by atoms with E-state index in [2.05, 4.69) is 19.3 Å². The highest BCUT2D eigenvalue weighted by atomic mass is 31.3. The number of rotatable bonds is 12. The maximum Gasteiger partial charge on any atom is 0.484 e. The highest BCUT2D eigenvalue weighted by Crippen LogP contribution is 2.62. The SMILES string of the molecule is C[C@H](OP(=O)(OC[C@H]1O[C@@H](n2cnc3c(=O)[nH]c(N)nc32)[C@H](O)[C@@H]1O)OP(=O)(O)O)[C@@H](O)[C@@H](O)[C@H](F)C=O. The van der Waals surface area contributed by atoms with E-state index in [1.807, 2.05) is 0 Å². The Morgan fingerprint density at radius 1 is 1.29 bits per heavy atom. The van der Waals surface area contributed by atoms with Gasteiger partial charge in [0.2, 0.25) is 5.95 Å². The van der Waals surface area contributed by atoms with Gasteiger partial charge >= 0.3 is 15.6 Å². The number of aromatic nitrogens is 4. The van der Waals surface area contributed by atoms with Crippen LogP contribution in [0, 0.1) is 0 Å². The molecule has 3 rings (SSSR count). The zero-order valence-corrected chi connectivity index (χ0v) is 20.9. The number of carbonyl (C=O) groups is 1. The molecule has 214 valence electrons. The number of alkyl halides is 1. The van der Waals surface area contributed by atoms with Crippen molar-refractivity contribution in [2.24, 2.45) is 0 Å². The van der Waals surface area contributed by atoms with E-state index in [0.717, 1.165) is 17.8 Å². The fourth-order valence-electron chi connectivity index (χ4n) is 3.41. The average Bonchev–Trinajstić information content (AvgIpc) is 3.35. The first kappa shape index (κ1) is 30.4. The number of aliphatic hydroxyl groups excluding tert-OH is 4. The Bertz CT molecular complexity index is 1300. The number of nitrogens with two attached hydrogens (primary N) is 1. The van der Waals surface area contributed by atoms with Crippen molar-refractivity contribution in [1.82, 2.24) is 19.5 Å². The Hall–Kier alpha value is -2.19. The van der Waals surface area contributed by atoms with Gasteiger partial charge in [0.15, 0.2) is 29.8 Å². The van der Waals surface area contributed by atoms with Crippen LogP contribution in [0.3, 0.4) is 0 Å². The number of carbonyl (C=O) groups excluding carboxylic acids is 1. The number of H-pyrrole nitrogens is 1. The van der Waals surface area contributed by atoms with E-state index in [1.165, 1.54) is 0 Å². The van der Waals surface area contributed by atoms with Gasteiger partial charge in [0.1, 0.15) is 30.5 Å². The molecule has 0 saturated carbocycles. The van der Waals surface area contributed by atoms with Crippen LogP contribution in [0.4, 0.5) is 10.3 Å². The Kier molecular flexibility index (Phi) is 9.19. The van der Waals surface area contributed by atoms with Gasteiger partial charge in [-0.15, -0.1) is 0 Å². The average molecular weight is 591 g/mol. The van der Waals surface area contributed by atoms with Gasteiger partial charge in [-0.25, -0.2) is 18.5 Å². The summed E-state index contributed by atoms with van der Waals surface area (Å²) in [6.45, 7) is -0.129. The van der Waals surface area contributed by atoms with Crippen LogP contribution in [0.2, 0.25) is 0 Å². The lowest BCUT2D eigenvalue weighted by molar-refractivity contribution is -0.123. The van der Waals surface area contributed by atoms with E-state index in [9.17, 15) is 43.5 Å². The lowest BCUT2D eigenvalue weighted by atomic mass is 10.1. The molecule has 9 atom stereocenters. The molecule has 38 heavy (non-hydrogen) atoms. The molecule has 0 aromatic carbocycles. The zero-order valence-electron chi connectivity index (χ0n) is 19.1. The first-order chi connectivity index (χ1) is 17.6. The first-order valence-electron chi connectivity index (χ1n) is 10.5. The Balaban J connectivity index is 1.78. The second-order valence-corrected chi connectivity index (χ2v) is 11.0. The van der Waals surface area contributed by atoms with E-state index in [4.69, 9.17) is 29.3 Å². The molecule has 2 aromatic heterocycles. The number of halogens is 1. The molecule has 1 aliphatic rings. The maximum atomic E-state index is 13.4. The van der Waals surface area contributed by atoms with Crippen molar-refractivity contribution >= 4 is 39.0 Å². The fourth-order valence-corrected chi connectivity index (χ4v) is 5.71. The third-order valence-electron chi connectivity index (χ3n) is 5.25. The number of nitrogen functional groups attached to an aromatic ring is 1. The highest BCUT2D eigenvalue weighted by molar-refractivity contribution is 7.61. The molecule has 3 heterocycles. The summed E-state index contributed by atoms with van der Waals surface area (Å²) in [5.74, 6) is -0.293. The van der Waals surface area contributed by atoms with Crippen LogP contribution < -0.4 is 11.3 Å². The van der Waals surface area contributed by atoms with Gasteiger partial charge in [0, 0.05) is 0 Å². The normalized spacial score (nSPS) is 27.1. The summed E-state index contributed by atoms with van der Waals surface area (Å²) in [4.78, 5) is 50.6. The minimum absolute atomic E-state index is 0.134. The van der Waals surface area contributed by atoms with Crippen LogP contribution >= 0.6 is 15.6 Å². The standard InChI is InChI=1S/C16H24FN5O14P2/c1-5(9(24)10(25)6(17)2-23)35-38(32,36-37(29,30)31)33-3-7-11(26)12(27)15(34-7)22-4-19-8-13(22)20-16(18)21-14(8)28/h2,4-7,9-12,15,24-27H,3H2,1H3,(H2,29,30,31)(H3,18,20,21,28)/t5-,6+,7+,9+,10-,11+,12+,15+,38?/m0/s1. The van der Waals surface area contributed by atoms with Gasteiger partial charge in [-0.05, 0) is 6.92 Å². The predicted octanol–water partition coefficient (Wildman–Crippen LogP) is -2.78. The molecule has 1 fully saturated rings. The number of nitrogens with zero attached hydrogens (tertiary/aromatic N) is 3. The summed E-state index contributed by atoms with van der Waals surface area (Å²) in [5, 5.41) is 40.4. The van der Waals surface area contributed by atoms with E-state index in [1.54, 1.807) is 0 Å². The van der Waals surface area contributed by atoms with E-state index in [0.29, 0.717) is 0 Å². The summed E-state index contributed by atoms with van der Waals surface area (Å²) >= 11 is 0. The van der Waals surface area contributed by atoms with E-state index in [-0.39, 0.29) is 23.4 Å². The Morgan fingerprint density at radius 3 is 2.55 bits per heavy atom. The lowest BCUT2D eigenvalue weighted by Gasteiger charge is -2.28. The Labute approximate surface area is 210 Å². The molecule has 0 aliphatic carbocycles. The molecule has 0 radical (unpaired) electrons. The fraction of sp³-hybridized carbons (Fsp3) is 0.625. The second kappa shape index (κ2) is 11.5. The number of hydrogen-bond acceptors (Lipinski definition) is 15. The topological polar surface area (TPSA) is 299 Å². The molecule has 0 spiro atoms. The number of nitrogens with one attached hydrogen (secondary N) is 1. The summed E-state index contributed by atoms with van der Waals surface area (Å²) in [6.07, 6.45) is -14.9. The smallest absolute Gasteiger partial charge is 0.388 e. The number of imidazole rings is 1. The van der Waals surface area contributed by atoms with Crippen LogP contribution in [0.25, 0.3) is 11.2 Å². The van der Waals surface area contributed by atoms with Crippen molar-refractivity contribution in [3.05, 3.63) is 16.7 Å². The predicted molar refractivity (Wildman–Crippen MR) is 119 cm³/mol. The van der Waals surface area contributed by atoms with Crippen molar-refractivity contribution in [3.8, 4) is 0 Å². The quantitative estimate of drug-likeness (QED) is 0.0914. The van der Waals surface area contributed by atoms with Crippen LogP contribution in [-0.4, -0.2) is 105 Å². The van der Waals surface area contributed by atoms with Crippen LogP contribution in [0.5, 0.6) is 0 Å². The van der Waals surface area contributed by atoms with Crippen molar-refractivity contribution in [3.63, 3.8) is 0 Å². The number of anilines is 1. The number of aromatic amines is 1. The van der Waals surface area contributed by atoms with Crippen molar-refractivity contribution in [2.75, 3.05) is 12.3 Å². The second-order valence-electron chi connectivity index (χ2n) is 8.01. The zero-order chi connectivity index (χ0) is 28.6. The van der Waals surface area contributed by atoms with Gasteiger partial charge in [-0.1, -0.05) is 0 Å². The molecule has 1 aliphatic heterocycles. The van der Waals surface area contributed by atoms with Crippen molar-refractivity contribution in [1.29, 1.82) is 0 Å². The van der Waals surface area contributed by atoms with Crippen molar-refractivity contribution < 1.29 is 66.6 Å². The largest absolute Gasteiger partial charge is 0.484 e. The Morgan fingerprint density at radius 2 is 1.95 bits per heavy atom. The van der Waals surface area contributed by atoms with Gasteiger partial charge in [0.05, 0.1) is 19.0 Å². The summed E-state index contributed by atoms with van der Waals surface area (Å²) in [6, 6.07) is 0. The minimum atomic E-state index is -5.60. The third-order valence-corrected chi connectivity index (χ3v) is 7.95. The van der Waals surface area contributed by atoms with Gasteiger partial charge < -0.3 is 45.5 Å².